The van der Waals surface area contributed by atoms with Crippen molar-refractivity contribution in [1.82, 2.24) is 4.98 Å². The summed E-state index contributed by atoms with van der Waals surface area (Å²) in [6, 6.07) is 1.83. The zero-order chi connectivity index (χ0) is 15.6. The first-order chi connectivity index (χ1) is 9.75. The van der Waals surface area contributed by atoms with Gasteiger partial charge in [0, 0.05) is 19.5 Å². The molecule has 4 N–H and O–H groups in total. The number of nitrogens with zero attached hydrogens (tertiary/aromatic N) is 2. The van der Waals surface area contributed by atoms with Gasteiger partial charge >= 0.3 is 6.18 Å². The Morgan fingerprint density at radius 1 is 1.33 bits per heavy atom. The fourth-order valence-electron chi connectivity index (χ4n) is 2.51. The van der Waals surface area contributed by atoms with Gasteiger partial charge in [0.05, 0.1) is 5.56 Å². The van der Waals surface area contributed by atoms with Crippen LogP contribution in [0.3, 0.4) is 0 Å². The summed E-state index contributed by atoms with van der Waals surface area (Å²) < 4.78 is 38.3. The molecule has 8 heteroatoms. The molecule has 2 rings (SSSR count). The number of anilines is 2. The van der Waals surface area contributed by atoms with Crippen molar-refractivity contribution in [3.8, 4) is 0 Å². The minimum absolute atomic E-state index is 0.154. The number of alkyl halides is 3. The van der Waals surface area contributed by atoms with Gasteiger partial charge < -0.3 is 16.4 Å². The lowest BCUT2D eigenvalue weighted by atomic mass is 9.93. The van der Waals surface area contributed by atoms with Gasteiger partial charge in [-0.3, -0.25) is 4.79 Å². The van der Waals surface area contributed by atoms with Crippen molar-refractivity contribution in [2.45, 2.75) is 25.4 Å². The minimum atomic E-state index is -4.45. The number of nitrogens with two attached hydrogens (primary N) is 2. The second kappa shape index (κ2) is 5.79. The minimum Gasteiger partial charge on any atom is -0.384 e. The number of nitrogen functional groups attached to an aromatic ring is 1. The van der Waals surface area contributed by atoms with Gasteiger partial charge in [0.25, 0.3) is 0 Å². The summed E-state index contributed by atoms with van der Waals surface area (Å²) in [5, 5.41) is 0. The van der Waals surface area contributed by atoms with Crippen LogP contribution < -0.4 is 16.4 Å². The largest absolute Gasteiger partial charge is 0.416 e. The van der Waals surface area contributed by atoms with Crippen LogP contribution in [0.5, 0.6) is 0 Å². The van der Waals surface area contributed by atoms with Crippen LogP contribution >= 0.6 is 0 Å². The molecule has 116 valence electrons. The van der Waals surface area contributed by atoms with E-state index in [4.69, 9.17) is 11.5 Å². The van der Waals surface area contributed by atoms with Gasteiger partial charge in [-0.05, 0) is 30.9 Å². The van der Waals surface area contributed by atoms with Gasteiger partial charge in [-0.1, -0.05) is 0 Å². The van der Waals surface area contributed by atoms with E-state index >= 15 is 0 Å². The molecular formula is C13H17F3N4O. The number of primary amides is 1. The van der Waals surface area contributed by atoms with Crippen molar-refractivity contribution >= 4 is 17.5 Å². The fourth-order valence-corrected chi connectivity index (χ4v) is 2.51. The molecule has 0 atom stereocenters. The van der Waals surface area contributed by atoms with Crippen molar-refractivity contribution in [2.24, 2.45) is 11.7 Å². The van der Waals surface area contributed by atoms with E-state index in [2.05, 4.69) is 4.98 Å². The molecule has 0 radical (unpaired) electrons. The topological polar surface area (TPSA) is 85.2 Å². The molecule has 1 aromatic heterocycles. The van der Waals surface area contributed by atoms with Crippen molar-refractivity contribution in [1.29, 1.82) is 0 Å². The normalized spacial score (nSPS) is 17.0. The number of aromatic nitrogens is 1. The van der Waals surface area contributed by atoms with Crippen LogP contribution in [0, 0.1) is 5.92 Å². The summed E-state index contributed by atoms with van der Waals surface area (Å²) in [6.07, 6.45) is -2.75. The van der Waals surface area contributed by atoms with Crippen LogP contribution in [0.15, 0.2) is 12.1 Å². The Hall–Kier alpha value is -1.99. The summed E-state index contributed by atoms with van der Waals surface area (Å²) in [6.45, 7) is 1.07. The lowest BCUT2D eigenvalue weighted by Crippen LogP contribution is -2.35. The van der Waals surface area contributed by atoms with Crippen LogP contribution in [-0.4, -0.2) is 24.0 Å². The highest BCUT2D eigenvalue weighted by Crippen LogP contribution is 2.33. The number of piperidine rings is 1. The third-order valence-corrected chi connectivity index (χ3v) is 3.59. The van der Waals surface area contributed by atoms with Crippen LogP contribution in [0.4, 0.5) is 24.8 Å². The second-order valence-electron chi connectivity index (χ2n) is 5.24. The molecule has 0 aliphatic carbocycles. The van der Waals surface area contributed by atoms with Crippen LogP contribution in [-0.2, 0) is 11.0 Å². The number of carbonyl (C=O) groups excluding carboxylic acids is 1. The van der Waals surface area contributed by atoms with E-state index in [-0.39, 0.29) is 23.5 Å². The zero-order valence-electron chi connectivity index (χ0n) is 11.4. The average molecular weight is 302 g/mol. The summed E-state index contributed by atoms with van der Waals surface area (Å²) in [5.41, 5.74) is 9.81. The van der Waals surface area contributed by atoms with Crippen molar-refractivity contribution in [3.63, 3.8) is 0 Å². The van der Waals surface area contributed by atoms with Gasteiger partial charge in [0.15, 0.2) is 0 Å². The monoisotopic (exact) mass is 302 g/mol. The van der Waals surface area contributed by atoms with Crippen LogP contribution in [0.2, 0.25) is 0 Å². The number of amides is 1. The van der Waals surface area contributed by atoms with E-state index in [0.717, 1.165) is 12.1 Å². The predicted molar refractivity (Wildman–Crippen MR) is 72.4 cm³/mol. The van der Waals surface area contributed by atoms with E-state index < -0.39 is 11.7 Å². The Balaban J connectivity index is 2.10. The lowest BCUT2D eigenvalue weighted by molar-refractivity contribution is -0.137. The maximum Gasteiger partial charge on any atom is 0.416 e. The van der Waals surface area contributed by atoms with E-state index in [1.807, 2.05) is 0 Å². The Morgan fingerprint density at radius 2 is 1.95 bits per heavy atom. The third kappa shape index (κ3) is 3.99. The fraction of sp³-hybridized carbons (Fsp3) is 0.538. The first kappa shape index (κ1) is 15.4. The molecule has 0 saturated carbocycles. The molecule has 5 nitrogen and oxygen atoms in total. The molecule has 0 aromatic carbocycles. The van der Waals surface area contributed by atoms with Gasteiger partial charge in [-0.15, -0.1) is 0 Å². The predicted octanol–water partition coefficient (Wildman–Crippen LogP) is 1.77. The first-order valence-corrected chi connectivity index (χ1v) is 6.63. The lowest BCUT2D eigenvalue weighted by Gasteiger charge is -2.32. The van der Waals surface area contributed by atoms with E-state index in [1.165, 1.54) is 0 Å². The molecule has 1 aliphatic heterocycles. The number of halogens is 3. The van der Waals surface area contributed by atoms with E-state index in [9.17, 15) is 18.0 Å². The number of pyridine rings is 1. The Kier molecular flexibility index (Phi) is 4.24. The van der Waals surface area contributed by atoms with Gasteiger partial charge in [-0.25, -0.2) is 4.98 Å². The molecule has 21 heavy (non-hydrogen) atoms. The molecule has 1 fully saturated rings. The number of rotatable bonds is 3. The van der Waals surface area contributed by atoms with E-state index in [1.54, 1.807) is 4.90 Å². The molecule has 0 bridgehead atoms. The van der Waals surface area contributed by atoms with Gasteiger partial charge in [0.1, 0.15) is 11.6 Å². The average Bonchev–Trinajstić information content (AvgIpc) is 2.37. The SMILES string of the molecule is NC(=O)CC1CCN(c2cc(C(F)(F)F)cc(N)n2)CC1. The number of hydrogen-bond acceptors (Lipinski definition) is 4. The smallest absolute Gasteiger partial charge is 0.384 e. The van der Waals surface area contributed by atoms with Crippen molar-refractivity contribution in [2.75, 3.05) is 23.7 Å². The highest BCUT2D eigenvalue weighted by molar-refractivity contribution is 5.74. The quantitative estimate of drug-likeness (QED) is 0.891. The molecule has 0 unspecified atom stereocenters. The van der Waals surface area contributed by atoms with Crippen LogP contribution in [0.25, 0.3) is 0 Å². The first-order valence-electron chi connectivity index (χ1n) is 6.63. The van der Waals surface area contributed by atoms with E-state index in [0.29, 0.717) is 32.4 Å². The standard InChI is InChI=1S/C13H17F3N4O/c14-13(15,16)9-6-10(17)19-12(7-9)20-3-1-8(2-4-20)5-11(18)21/h6-8H,1-5H2,(H2,17,19)(H2,18,21). The summed E-state index contributed by atoms with van der Waals surface area (Å²) in [5.74, 6) is -0.101. The molecule has 1 aromatic rings. The Bertz CT molecular complexity index is 525. The molecule has 2 heterocycles. The summed E-state index contributed by atoms with van der Waals surface area (Å²) in [4.78, 5) is 16.6. The molecule has 1 amide bonds. The molecule has 1 saturated heterocycles. The Labute approximate surface area is 120 Å². The molecule has 1 aliphatic rings. The second-order valence-corrected chi connectivity index (χ2v) is 5.24. The highest BCUT2D eigenvalue weighted by atomic mass is 19.4. The molecular weight excluding hydrogens is 285 g/mol. The maximum absolute atomic E-state index is 12.8. The highest BCUT2D eigenvalue weighted by Gasteiger charge is 2.32. The Morgan fingerprint density at radius 3 is 2.48 bits per heavy atom. The third-order valence-electron chi connectivity index (χ3n) is 3.59. The van der Waals surface area contributed by atoms with Crippen molar-refractivity contribution < 1.29 is 18.0 Å². The molecule has 0 spiro atoms. The number of hydrogen-bond donors (Lipinski definition) is 2. The zero-order valence-corrected chi connectivity index (χ0v) is 11.4. The van der Waals surface area contributed by atoms with Crippen molar-refractivity contribution in [3.05, 3.63) is 17.7 Å². The summed E-state index contributed by atoms with van der Waals surface area (Å²) in [7, 11) is 0. The van der Waals surface area contributed by atoms with Gasteiger partial charge in [0.2, 0.25) is 5.91 Å². The summed E-state index contributed by atoms with van der Waals surface area (Å²) >= 11 is 0. The van der Waals surface area contributed by atoms with Gasteiger partial charge in [-0.2, -0.15) is 13.2 Å². The van der Waals surface area contributed by atoms with Crippen LogP contribution in [0.1, 0.15) is 24.8 Å². The number of carbonyl (C=O) groups is 1. The maximum atomic E-state index is 12.8.